The van der Waals surface area contributed by atoms with Crippen molar-refractivity contribution in [1.82, 2.24) is 4.57 Å². The van der Waals surface area contributed by atoms with E-state index in [4.69, 9.17) is 9.73 Å². The van der Waals surface area contributed by atoms with E-state index in [2.05, 4.69) is 44.8 Å². The molecule has 3 aromatic rings. The van der Waals surface area contributed by atoms with Crippen LogP contribution in [0, 0.1) is 0 Å². The molecule has 7 nitrogen and oxygen atoms in total. The summed E-state index contributed by atoms with van der Waals surface area (Å²) in [7, 11) is 1.43. The highest BCUT2D eigenvalue weighted by Gasteiger charge is 2.31. The molecule has 5 rings (SSSR count). The molecule has 0 atom stereocenters. The number of rotatable bonds is 6. The molecule has 0 unspecified atom stereocenters. The van der Waals surface area contributed by atoms with Crippen molar-refractivity contribution < 1.29 is 32.0 Å². The fraction of sp³-hybridized carbons (Fsp3) is 0.423. The first-order valence-corrected chi connectivity index (χ1v) is 12.9. The second-order valence-electron chi connectivity index (χ2n) is 8.81. The van der Waals surface area contributed by atoms with E-state index in [0.29, 0.717) is 11.6 Å². The number of nitrogens with zero attached hydrogens (tertiary/aromatic N) is 3. The Morgan fingerprint density at radius 2 is 1.94 bits per heavy atom. The van der Waals surface area contributed by atoms with Crippen LogP contribution in [0.15, 0.2) is 53.5 Å². The van der Waals surface area contributed by atoms with E-state index in [-0.39, 0.29) is 23.9 Å². The third-order valence-electron chi connectivity index (χ3n) is 6.60. The molecular formula is C26H33ClN4O3S. The predicted molar refractivity (Wildman–Crippen MR) is 137 cm³/mol. The SMILES string of the molecule is COC(=O)c1ccc2c(c1)n1c([n+]2CCCc2ccccc2)NC(=NC2CCCCC2)SC1.O.[Cl-]. The molecule has 188 valence electrons. The average molecular weight is 517 g/mol. The first kappa shape index (κ1) is 27.0. The molecule has 1 aromatic heterocycles. The number of benzene rings is 2. The summed E-state index contributed by atoms with van der Waals surface area (Å²) in [4.78, 5) is 17.2. The topological polar surface area (TPSA) is 91.0 Å². The number of halogens is 1. The van der Waals surface area contributed by atoms with Crippen LogP contribution in [0.5, 0.6) is 0 Å². The summed E-state index contributed by atoms with van der Waals surface area (Å²) in [5.74, 6) is 1.52. The zero-order chi connectivity index (χ0) is 22.6. The second-order valence-corrected chi connectivity index (χ2v) is 9.75. The number of carbonyl (C=O) groups is 1. The monoisotopic (exact) mass is 516 g/mol. The highest BCUT2D eigenvalue weighted by atomic mass is 35.5. The van der Waals surface area contributed by atoms with Crippen LogP contribution in [0.4, 0.5) is 5.95 Å². The van der Waals surface area contributed by atoms with Gasteiger partial charge in [-0.15, -0.1) is 0 Å². The van der Waals surface area contributed by atoms with Crippen LogP contribution >= 0.6 is 11.8 Å². The van der Waals surface area contributed by atoms with Crippen molar-refractivity contribution >= 4 is 39.9 Å². The number of aliphatic imine (C=N–C) groups is 1. The maximum absolute atomic E-state index is 12.2. The summed E-state index contributed by atoms with van der Waals surface area (Å²) in [6.07, 6.45) is 8.33. The summed E-state index contributed by atoms with van der Waals surface area (Å²) < 4.78 is 9.56. The van der Waals surface area contributed by atoms with Crippen LogP contribution in [-0.2, 0) is 23.6 Å². The minimum Gasteiger partial charge on any atom is -1.00 e. The van der Waals surface area contributed by atoms with E-state index >= 15 is 0 Å². The number of ether oxygens (including phenoxy) is 1. The molecule has 1 saturated carbocycles. The van der Waals surface area contributed by atoms with Crippen LogP contribution in [0.25, 0.3) is 11.0 Å². The zero-order valence-corrected chi connectivity index (χ0v) is 21.6. The highest BCUT2D eigenvalue weighted by Crippen LogP contribution is 2.29. The maximum Gasteiger partial charge on any atom is 0.365 e. The van der Waals surface area contributed by atoms with Gasteiger partial charge >= 0.3 is 11.9 Å². The van der Waals surface area contributed by atoms with E-state index in [9.17, 15) is 4.79 Å². The minimum atomic E-state index is -0.306. The molecule has 1 aliphatic carbocycles. The van der Waals surface area contributed by atoms with Gasteiger partial charge in [-0.3, -0.25) is 0 Å². The van der Waals surface area contributed by atoms with Crippen molar-refractivity contribution in [3.63, 3.8) is 0 Å². The summed E-state index contributed by atoms with van der Waals surface area (Å²) in [5, 5.41) is 4.65. The van der Waals surface area contributed by atoms with Crippen LogP contribution in [-0.4, -0.2) is 34.3 Å². The fourth-order valence-electron chi connectivity index (χ4n) is 4.87. The molecule has 35 heavy (non-hydrogen) atoms. The van der Waals surface area contributed by atoms with Gasteiger partial charge in [-0.25, -0.2) is 24.2 Å². The van der Waals surface area contributed by atoms with E-state index in [1.807, 2.05) is 18.2 Å². The largest absolute Gasteiger partial charge is 1.00 e. The van der Waals surface area contributed by atoms with Gasteiger partial charge in [-0.05, 0) is 61.2 Å². The summed E-state index contributed by atoms with van der Waals surface area (Å²) in [6, 6.07) is 16.9. The van der Waals surface area contributed by atoms with E-state index < -0.39 is 0 Å². The first-order chi connectivity index (χ1) is 16.2. The normalized spacial score (nSPS) is 16.7. The molecule has 9 heteroatoms. The average Bonchev–Trinajstić information content (AvgIpc) is 3.17. The van der Waals surface area contributed by atoms with Crippen LogP contribution < -0.4 is 22.3 Å². The smallest absolute Gasteiger partial charge is 0.365 e. The lowest BCUT2D eigenvalue weighted by atomic mass is 9.96. The Bertz CT molecular complexity index is 1180. The summed E-state index contributed by atoms with van der Waals surface area (Å²) in [6.45, 7) is 0.889. The van der Waals surface area contributed by atoms with Gasteiger partial charge < -0.3 is 22.6 Å². The molecule has 0 radical (unpaired) electrons. The number of amidine groups is 1. The molecule has 3 N–H and O–H groups in total. The summed E-state index contributed by atoms with van der Waals surface area (Å²) >= 11 is 1.74. The van der Waals surface area contributed by atoms with Crippen molar-refractivity contribution in [2.75, 3.05) is 12.4 Å². The number of carbonyl (C=O) groups excluding carboxylic acids is 1. The molecule has 1 aliphatic heterocycles. The second kappa shape index (κ2) is 12.4. The van der Waals surface area contributed by atoms with Gasteiger partial charge in [-0.2, -0.15) is 0 Å². The summed E-state index contributed by atoms with van der Waals surface area (Å²) in [5.41, 5.74) is 4.10. The number of imidazole rings is 1. The Morgan fingerprint density at radius 1 is 1.17 bits per heavy atom. The number of aryl methyl sites for hydroxylation is 2. The molecule has 0 amide bonds. The number of fused-ring (bicyclic) bond motifs is 3. The molecule has 1 fully saturated rings. The van der Waals surface area contributed by atoms with Gasteiger partial charge in [0.25, 0.3) is 0 Å². The van der Waals surface area contributed by atoms with Gasteiger partial charge in [0.05, 0.1) is 25.3 Å². The zero-order valence-electron chi connectivity index (χ0n) is 20.0. The van der Waals surface area contributed by atoms with Gasteiger partial charge in [0.15, 0.2) is 0 Å². The Kier molecular flexibility index (Phi) is 9.60. The van der Waals surface area contributed by atoms with Crippen LogP contribution in [0.3, 0.4) is 0 Å². The maximum atomic E-state index is 12.2. The van der Waals surface area contributed by atoms with Crippen molar-refractivity contribution in [1.29, 1.82) is 0 Å². The standard InChI is InChI=1S/C26H30N4O2S.ClH.H2O/c1-32-24(31)20-14-15-22-23(17-20)30-18-33-25(27-21-12-6-3-7-13-21)28-26(30)29(22)16-8-11-19-9-4-2-5-10-19;;/h2,4-5,9-10,14-15,17,21H,3,6-8,11-13,16,18H2,1H3;1H;1H2. The molecule has 2 heterocycles. The number of hydrogen-bond donors (Lipinski definition) is 1. The van der Waals surface area contributed by atoms with E-state index in [1.54, 1.807) is 11.8 Å². The number of hydrogen-bond acceptors (Lipinski definition) is 4. The lowest BCUT2D eigenvalue weighted by Gasteiger charge is -2.20. The molecule has 0 saturated heterocycles. The third-order valence-corrected chi connectivity index (χ3v) is 7.47. The Morgan fingerprint density at radius 3 is 2.69 bits per heavy atom. The van der Waals surface area contributed by atoms with Crippen molar-refractivity contribution in [3.8, 4) is 0 Å². The molecule has 2 aliphatic rings. The number of thioether (sulfide) groups is 1. The van der Waals surface area contributed by atoms with Gasteiger partial charge in [0, 0.05) is 0 Å². The Balaban J connectivity index is 0.00000171. The number of methoxy groups -OCH3 is 1. The first-order valence-electron chi connectivity index (χ1n) is 11.9. The molecule has 0 spiro atoms. The van der Waals surface area contributed by atoms with Gasteiger partial charge in [0.2, 0.25) is 5.17 Å². The predicted octanol–water partition coefficient (Wildman–Crippen LogP) is 1.33. The van der Waals surface area contributed by atoms with E-state index in [1.165, 1.54) is 44.8 Å². The number of esters is 1. The number of nitrogens with one attached hydrogen (secondary N) is 1. The molecule has 0 bridgehead atoms. The van der Waals surface area contributed by atoms with Crippen molar-refractivity contribution in [3.05, 3.63) is 59.7 Å². The quantitative estimate of drug-likeness (QED) is 0.395. The fourth-order valence-corrected chi connectivity index (χ4v) is 5.77. The Hall–Kier alpha value is -2.55. The lowest BCUT2D eigenvalue weighted by Crippen LogP contribution is -3.00. The van der Waals surface area contributed by atoms with Crippen LogP contribution in [0.1, 0.15) is 54.4 Å². The van der Waals surface area contributed by atoms with Crippen LogP contribution in [0.2, 0.25) is 0 Å². The van der Waals surface area contributed by atoms with E-state index in [0.717, 1.165) is 47.4 Å². The molecule has 2 aromatic carbocycles. The van der Waals surface area contributed by atoms with Gasteiger partial charge in [0.1, 0.15) is 16.9 Å². The number of anilines is 1. The number of aromatic nitrogens is 2. The highest BCUT2D eigenvalue weighted by molar-refractivity contribution is 8.13. The third kappa shape index (κ3) is 6.00. The lowest BCUT2D eigenvalue weighted by molar-refractivity contribution is -0.657. The minimum absolute atomic E-state index is 0. The van der Waals surface area contributed by atoms with Crippen molar-refractivity contribution in [2.24, 2.45) is 4.99 Å². The Labute approximate surface area is 216 Å². The van der Waals surface area contributed by atoms with Crippen molar-refractivity contribution in [2.45, 2.75) is 63.4 Å². The molecular weight excluding hydrogens is 484 g/mol. The van der Waals surface area contributed by atoms with Gasteiger partial charge in [-0.1, -0.05) is 49.6 Å².